The van der Waals surface area contributed by atoms with Gasteiger partial charge in [0.05, 0.1) is 7.11 Å². The van der Waals surface area contributed by atoms with Crippen LogP contribution in [0, 0.1) is 12.7 Å². The van der Waals surface area contributed by atoms with Gasteiger partial charge in [-0.1, -0.05) is 24.3 Å². The van der Waals surface area contributed by atoms with Crippen LogP contribution in [0.2, 0.25) is 0 Å². The first-order valence-corrected chi connectivity index (χ1v) is 10.8. The predicted molar refractivity (Wildman–Crippen MR) is 124 cm³/mol. The lowest BCUT2D eigenvalue weighted by molar-refractivity contribution is -0.123. The maximum Gasteiger partial charge on any atom is 0.248 e. The number of carbonyl (C=O) groups is 2. The van der Waals surface area contributed by atoms with Crippen molar-refractivity contribution >= 4 is 34.4 Å². The Labute approximate surface area is 190 Å². The van der Waals surface area contributed by atoms with Crippen LogP contribution in [0.15, 0.2) is 54.7 Å². The van der Waals surface area contributed by atoms with Gasteiger partial charge in [0.15, 0.2) is 5.13 Å². The third-order valence-electron chi connectivity index (χ3n) is 4.69. The lowest BCUT2D eigenvalue weighted by Crippen LogP contribution is -2.40. The predicted octanol–water partition coefficient (Wildman–Crippen LogP) is 4.35. The van der Waals surface area contributed by atoms with E-state index in [1.54, 1.807) is 51.4 Å². The Morgan fingerprint density at radius 3 is 2.66 bits per heavy atom. The summed E-state index contributed by atoms with van der Waals surface area (Å²) in [6.45, 7) is 3.31. The molecule has 32 heavy (non-hydrogen) atoms. The van der Waals surface area contributed by atoms with Crippen molar-refractivity contribution in [2.24, 2.45) is 0 Å². The number of halogens is 1. The molecule has 1 unspecified atom stereocenters. The SMILES string of the molecule is COc1ccc(/C=C/C(=O)NC(C)C(=O)Nc2ncc(Cc3ccc(C)c(F)c3)s2)cc1. The molecule has 0 saturated heterocycles. The van der Waals surface area contributed by atoms with Gasteiger partial charge in [0.1, 0.15) is 17.6 Å². The highest BCUT2D eigenvalue weighted by Gasteiger charge is 2.16. The summed E-state index contributed by atoms with van der Waals surface area (Å²) in [5.74, 6) is -0.275. The fraction of sp³-hybridized carbons (Fsp3) is 0.208. The number of carbonyl (C=O) groups excluding carboxylic acids is 2. The third kappa shape index (κ3) is 6.49. The Morgan fingerprint density at radius 1 is 1.22 bits per heavy atom. The molecule has 0 bridgehead atoms. The first-order chi connectivity index (χ1) is 15.3. The molecule has 0 saturated carbocycles. The minimum atomic E-state index is -0.749. The van der Waals surface area contributed by atoms with Crippen molar-refractivity contribution in [1.29, 1.82) is 0 Å². The topological polar surface area (TPSA) is 80.3 Å². The fourth-order valence-corrected chi connectivity index (χ4v) is 3.67. The Kier molecular flexibility index (Phi) is 7.72. The van der Waals surface area contributed by atoms with Crippen molar-refractivity contribution in [1.82, 2.24) is 10.3 Å². The van der Waals surface area contributed by atoms with Crippen LogP contribution in [0.5, 0.6) is 5.75 Å². The largest absolute Gasteiger partial charge is 0.497 e. The molecule has 0 fully saturated rings. The van der Waals surface area contributed by atoms with E-state index >= 15 is 0 Å². The quantitative estimate of drug-likeness (QED) is 0.497. The number of aromatic nitrogens is 1. The summed E-state index contributed by atoms with van der Waals surface area (Å²) in [4.78, 5) is 29.6. The highest BCUT2D eigenvalue weighted by atomic mass is 32.1. The summed E-state index contributed by atoms with van der Waals surface area (Å²) in [6.07, 6.45) is 5.19. The summed E-state index contributed by atoms with van der Waals surface area (Å²) in [6, 6.07) is 11.6. The monoisotopic (exact) mass is 453 g/mol. The van der Waals surface area contributed by atoms with Gasteiger partial charge in [-0.05, 0) is 54.8 Å². The van der Waals surface area contributed by atoms with E-state index in [4.69, 9.17) is 4.74 Å². The molecule has 2 N–H and O–H groups in total. The van der Waals surface area contributed by atoms with Crippen molar-refractivity contribution in [2.45, 2.75) is 26.3 Å². The molecule has 6 nitrogen and oxygen atoms in total. The third-order valence-corrected chi connectivity index (χ3v) is 5.61. The molecule has 0 spiro atoms. The maximum atomic E-state index is 13.7. The van der Waals surface area contributed by atoms with Gasteiger partial charge in [-0.2, -0.15) is 0 Å². The number of benzene rings is 2. The average Bonchev–Trinajstić information content (AvgIpc) is 3.21. The van der Waals surface area contributed by atoms with E-state index in [0.29, 0.717) is 17.1 Å². The molecule has 1 aromatic heterocycles. The molecule has 0 aliphatic carbocycles. The van der Waals surface area contributed by atoms with Gasteiger partial charge in [0.25, 0.3) is 0 Å². The summed E-state index contributed by atoms with van der Waals surface area (Å²) in [5, 5.41) is 5.75. The fourth-order valence-electron chi connectivity index (χ4n) is 2.82. The van der Waals surface area contributed by atoms with Gasteiger partial charge in [-0.25, -0.2) is 9.37 Å². The molecule has 2 aromatic carbocycles. The summed E-state index contributed by atoms with van der Waals surface area (Å²) >= 11 is 1.31. The lowest BCUT2D eigenvalue weighted by atomic mass is 10.1. The van der Waals surface area contributed by atoms with Gasteiger partial charge in [0, 0.05) is 23.6 Å². The van der Waals surface area contributed by atoms with Crippen LogP contribution >= 0.6 is 11.3 Å². The van der Waals surface area contributed by atoms with E-state index in [9.17, 15) is 14.0 Å². The highest BCUT2D eigenvalue weighted by molar-refractivity contribution is 7.15. The number of nitrogens with zero attached hydrogens (tertiary/aromatic N) is 1. The second-order valence-corrected chi connectivity index (χ2v) is 8.33. The summed E-state index contributed by atoms with van der Waals surface area (Å²) < 4.78 is 18.8. The van der Waals surface area contributed by atoms with E-state index in [0.717, 1.165) is 21.8 Å². The summed E-state index contributed by atoms with van der Waals surface area (Å²) in [5.41, 5.74) is 2.27. The molecule has 1 heterocycles. The van der Waals surface area contributed by atoms with Crippen LogP contribution in [0.1, 0.15) is 28.5 Å². The van der Waals surface area contributed by atoms with Crippen molar-refractivity contribution in [3.63, 3.8) is 0 Å². The standard InChI is InChI=1S/C24H24FN3O3S/c1-15-4-5-18(13-21(15)25)12-20-14-26-24(32-20)28-23(30)16(2)27-22(29)11-8-17-6-9-19(31-3)10-7-17/h4-11,13-14,16H,12H2,1-3H3,(H,27,29)(H,26,28,30)/b11-8+. The first-order valence-electron chi connectivity index (χ1n) is 9.97. The lowest BCUT2D eigenvalue weighted by Gasteiger charge is -2.11. The van der Waals surface area contributed by atoms with Gasteiger partial charge in [-0.3, -0.25) is 9.59 Å². The normalized spacial score (nSPS) is 11.9. The van der Waals surface area contributed by atoms with E-state index in [2.05, 4.69) is 15.6 Å². The molecule has 8 heteroatoms. The molecule has 1 atom stereocenters. The van der Waals surface area contributed by atoms with Crippen LogP contribution in [0.25, 0.3) is 6.08 Å². The molecule has 0 aliphatic rings. The van der Waals surface area contributed by atoms with Crippen molar-refractivity contribution in [3.8, 4) is 5.75 Å². The number of anilines is 1. The minimum absolute atomic E-state index is 0.244. The van der Waals surface area contributed by atoms with Crippen LogP contribution < -0.4 is 15.4 Å². The number of ether oxygens (including phenoxy) is 1. The highest BCUT2D eigenvalue weighted by Crippen LogP contribution is 2.22. The van der Waals surface area contributed by atoms with Crippen LogP contribution in [0.3, 0.4) is 0 Å². The summed E-state index contributed by atoms with van der Waals surface area (Å²) in [7, 11) is 1.59. The number of rotatable bonds is 8. The van der Waals surface area contributed by atoms with Crippen LogP contribution in [0.4, 0.5) is 9.52 Å². The zero-order valence-corrected chi connectivity index (χ0v) is 18.8. The van der Waals surface area contributed by atoms with Gasteiger partial charge < -0.3 is 15.4 Å². The van der Waals surface area contributed by atoms with Gasteiger partial charge >= 0.3 is 0 Å². The number of hydrogen-bond donors (Lipinski definition) is 2. The number of methoxy groups -OCH3 is 1. The molecular formula is C24H24FN3O3S. The molecule has 3 aromatic rings. The Bertz CT molecular complexity index is 1130. The number of thiazole rings is 1. The number of nitrogens with one attached hydrogen (secondary N) is 2. The first kappa shape index (κ1) is 23.1. The Morgan fingerprint density at radius 2 is 1.97 bits per heavy atom. The van der Waals surface area contributed by atoms with Crippen LogP contribution in [-0.2, 0) is 16.0 Å². The van der Waals surface area contributed by atoms with Crippen molar-refractivity contribution < 1.29 is 18.7 Å². The van der Waals surface area contributed by atoms with Crippen molar-refractivity contribution in [3.05, 3.63) is 82.1 Å². The zero-order chi connectivity index (χ0) is 23.1. The number of hydrogen-bond acceptors (Lipinski definition) is 5. The maximum absolute atomic E-state index is 13.7. The molecule has 3 rings (SSSR count). The number of aryl methyl sites for hydroxylation is 1. The van der Waals surface area contributed by atoms with E-state index < -0.39 is 6.04 Å². The smallest absolute Gasteiger partial charge is 0.248 e. The average molecular weight is 454 g/mol. The Balaban J connectivity index is 1.51. The molecule has 0 radical (unpaired) electrons. The van der Waals surface area contributed by atoms with E-state index in [1.807, 2.05) is 18.2 Å². The second-order valence-electron chi connectivity index (χ2n) is 7.22. The molecular weight excluding hydrogens is 429 g/mol. The van der Waals surface area contributed by atoms with Gasteiger partial charge in [0.2, 0.25) is 11.8 Å². The van der Waals surface area contributed by atoms with E-state index in [-0.39, 0.29) is 17.6 Å². The molecule has 2 amide bonds. The van der Waals surface area contributed by atoms with Crippen LogP contribution in [-0.4, -0.2) is 29.9 Å². The minimum Gasteiger partial charge on any atom is -0.497 e. The Hall–Kier alpha value is -3.52. The zero-order valence-electron chi connectivity index (χ0n) is 18.0. The van der Waals surface area contributed by atoms with Gasteiger partial charge in [-0.15, -0.1) is 11.3 Å². The molecule has 166 valence electrons. The second kappa shape index (κ2) is 10.7. The van der Waals surface area contributed by atoms with Crippen molar-refractivity contribution in [2.75, 3.05) is 12.4 Å². The number of amides is 2. The molecule has 0 aliphatic heterocycles. The van der Waals surface area contributed by atoms with E-state index in [1.165, 1.54) is 23.5 Å².